The maximum absolute atomic E-state index is 12.9. The van der Waals surface area contributed by atoms with Crippen molar-refractivity contribution in [3.05, 3.63) is 57.7 Å². The van der Waals surface area contributed by atoms with Crippen LogP contribution in [0, 0.1) is 3.57 Å². The third-order valence-corrected chi connectivity index (χ3v) is 5.12. The number of amides is 2. The Morgan fingerprint density at radius 2 is 1.69 bits per heavy atom. The van der Waals surface area contributed by atoms with E-state index < -0.39 is 6.04 Å². The van der Waals surface area contributed by atoms with Crippen LogP contribution in [0.4, 0.5) is 0 Å². The number of methoxy groups -OCH3 is 1. The molecule has 2 aromatic carbocycles. The van der Waals surface area contributed by atoms with Gasteiger partial charge in [0.15, 0.2) is 6.61 Å². The Bertz CT molecular complexity index is 793. The van der Waals surface area contributed by atoms with Crippen LogP contribution in [0.25, 0.3) is 0 Å². The number of benzene rings is 2. The molecule has 2 rings (SSSR count). The summed E-state index contributed by atoms with van der Waals surface area (Å²) in [4.78, 5) is 27.0. The van der Waals surface area contributed by atoms with Crippen molar-refractivity contribution in [1.82, 2.24) is 10.2 Å². The minimum atomic E-state index is -0.614. The lowest BCUT2D eigenvalue weighted by Gasteiger charge is -2.28. The fraction of sp³-hybridized carbons (Fsp3) is 0.364. The topological polar surface area (TPSA) is 67.9 Å². The van der Waals surface area contributed by atoms with Gasteiger partial charge in [-0.25, -0.2) is 0 Å². The predicted molar refractivity (Wildman–Crippen MR) is 121 cm³/mol. The molecule has 0 heterocycles. The molecule has 0 aliphatic carbocycles. The van der Waals surface area contributed by atoms with Crippen LogP contribution in [0.3, 0.4) is 0 Å². The smallest absolute Gasteiger partial charge is 0.261 e. The van der Waals surface area contributed by atoms with Gasteiger partial charge in [-0.2, -0.15) is 0 Å². The summed E-state index contributed by atoms with van der Waals surface area (Å²) >= 11 is 2.21. The highest BCUT2D eigenvalue weighted by atomic mass is 127. The largest absolute Gasteiger partial charge is 0.497 e. The van der Waals surface area contributed by atoms with Gasteiger partial charge in [0, 0.05) is 16.7 Å². The fourth-order valence-electron chi connectivity index (χ4n) is 2.66. The van der Waals surface area contributed by atoms with Gasteiger partial charge in [-0.3, -0.25) is 9.59 Å². The lowest BCUT2D eigenvalue weighted by atomic mass is 10.1. The van der Waals surface area contributed by atoms with Crippen molar-refractivity contribution in [3.63, 3.8) is 0 Å². The van der Waals surface area contributed by atoms with Gasteiger partial charge in [0.1, 0.15) is 17.5 Å². The second-order valence-corrected chi connectivity index (χ2v) is 7.82. The molecule has 1 atom stereocenters. The summed E-state index contributed by atoms with van der Waals surface area (Å²) in [5.74, 6) is 0.926. The van der Waals surface area contributed by atoms with E-state index in [2.05, 4.69) is 27.9 Å². The predicted octanol–water partition coefficient (Wildman–Crippen LogP) is 3.62. The van der Waals surface area contributed by atoms with Crippen LogP contribution >= 0.6 is 22.6 Å². The summed E-state index contributed by atoms with van der Waals surface area (Å²) in [5, 5.41) is 2.86. The number of nitrogens with zero attached hydrogens (tertiary/aromatic N) is 1. The van der Waals surface area contributed by atoms with Crippen molar-refractivity contribution < 1.29 is 19.1 Å². The Morgan fingerprint density at radius 3 is 2.28 bits per heavy atom. The van der Waals surface area contributed by atoms with E-state index in [0.717, 1.165) is 21.3 Å². The van der Waals surface area contributed by atoms with Gasteiger partial charge < -0.3 is 19.7 Å². The highest BCUT2D eigenvalue weighted by Crippen LogP contribution is 2.17. The molecular formula is C22H27IN2O4. The first kappa shape index (κ1) is 23.0. The fourth-order valence-corrected chi connectivity index (χ4v) is 3.02. The molecule has 0 aliphatic rings. The van der Waals surface area contributed by atoms with E-state index in [0.29, 0.717) is 18.8 Å². The number of rotatable bonds is 10. The highest BCUT2D eigenvalue weighted by Gasteiger charge is 2.26. The lowest BCUT2D eigenvalue weighted by molar-refractivity contribution is -0.142. The summed E-state index contributed by atoms with van der Waals surface area (Å²) in [6.45, 7) is 4.46. The molecule has 0 saturated carbocycles. The van der Waals surface area contributed by atoms with E-state index in [1.54, 1.807) is 18.9 Å². The monoisotopic (exact) mass is 510 g/mol. The summed E-state index contributed by atoms with van der Waals surface area (Å²) < 4.78 is 11.9. The van der Waals surface area contributed by atoms with Crippen molar-refractivity contribution in [3.8, 4) is 11.5 Å². The standard InChI is InChI=1S/C22H27IN2O4/c1-4-13-24-22(27)16(2)25(14-17-5-9-19(28-3)10-6-17)21(26)15-29-20-11-7-18(23)8-12-20/h5-12,16H,4,13-15H2,1-3H3,(H,24,27)/t16-/m0/s1. The Kier molecular flexibility index (Phi) is 9.24. The zero-order valence-corrected chi connectivity index (χ0v) is 19.1. The minimum Gasteiger partial charge on any atom is -0.497 e. The lowest BCUT2D eigenvalue weighted by Crippen LogP contribution is -2.49. The molecule has 0 aliphatic heterocycles. The zero-order valence-electron chi connectivity index (χ0n) is 17.0. The molecule has 0 spiro atoms. The number of halogens is 1. The maximum atomic E-state index is 12.9. The molecule has 0 radical (unpaired) electrons. The molecule has 0 unspecified atom stereocenters. The van der Waals surface area contributed by atoms with E-state index in [1.807, 2.05) is 55.5 Å². The van der Waals surface area contributed by atoms with Gasteiger partial charge in [-0.15, -0.1) is 0 Å². The Labute approximate surface area is 185 Å². The second-order valence-electron chi connectivity index (χ2n) is 6.58. The Morgan fingerprint density at radius 1 is 1.07 bits per heavy atom. The second kappa shape index (κ2) is 11.6. The van der Waals surface area contributed by atoms with Gasteiger partial charge >= 0.3 is 0 Å². The van der Waals surface area contributed by atoms with Crippen LogP contribution < -0.4 is 14.8 Å². The first-order valence-electron chi connectivity index (χ1n) is 9.53. The number of hydrogen-bond acceptors (Lipinski definition) is 4. The molecule has 0 bridgehead atoms. The minimum absolute atomic E-state index is 0.137. The van der Waals surface area contributed by atoms with E-state index in [9.17, 15) is 9.59 Å². The summed E-state index contributed by atoms with van der Waals surface area (Å²) in [6.07, 6.45) is 0.834. The van der Waals surface area contributed by atoms with Crippen LogP contribution in [-0.4, -0.2) is 43.0 Å². The molecule has 0 fully saturated rings. The Balaban J connectivity index is 2.11. The van der Waals surface area contributed by atoms with Crippen LogP contribution in [0.2, 0.25) is 0 Å². The molecule has 2 amide bonds. The van der Waals surface area contributed by atoms with Crippen molar-refractivity contribution in [2.45, 2.75) is 32.9 Å². The number of hydrogen-bond donors (Lipinski definition) is 1. The van der Waals surface area contributed by atoms with Gasteiger partial charge in [-0.1, -0.05) is 19.1 Å². The van der Waals surface area contributed by atoms with Gasteiger partial charge in [0.2, 0.25) is 5.91 Å². The van der Waals surface area contributed by atoms with Crippen molar-refractivity contribution in [2.24, 2.45) is 0 Å². The quantitative estimate of drug-likeness (QED) is 0.496. The summed E-state index contributed by atoms with van der Waals surface area (Å²) in [7, 11) is 1.60. The molecular weight excluding hydrogens is 483 g/mol. The van der Waals surface area contributed by atoms with Gasteiger partial charge in [0.05, 0.1) is 7.11 Å². The summed E-state index contributed by atoms with van der Waals surface area (Å²) in [6, 6.07) is 14.3. The maximum Gasteiger partial charge on any atom is 0.261 e. The van der Waals surface area contributed by atoms with Crippen LogP contribution in [0.5, 0.6) is 11.5 Å². The third kappa shape index (κ3) is 7.23. The molecule has 29 heavy (non-hydrogen) atoms. The molecule has 7 heteroatoms. The van der Waals surface area contributed by atoms with Crippen LogP contribution in [0.1, 0.15) is 25.8 Å². The normalized spacial score (nSPS) is 11.4. The van der Waals surface area contributed by atoms with E-state index in [-0.39, 0.29) is 18.4 Å². The zero-order chi connectivity index (χ0) is 21.2. The number of nitrogens with one attached hydrogen (secondary N) is 1. The van der Waals surface area contributed by atoms with Gasteiger partial charge in [0.25, 0.3) is 5.91 Å². The first-order chi connectivity index (χ1) is 13.9. The van der Waals surface area contributed by atoms with Crippen LogP contribution in [0.15, 0.2) is 48.5 Å². The molecule has 0 saturated heterocycles. The van der Waals surface area contributed by atoms with Crippen molar-refractivity contribution in [2.75, 3.05) is 20.3 Å². The SMILES string of the molecule is CCCNC(=O)[C@H](C)N(Cc1ccc(OC)cc1)C(=O)COc1ccc(I)cc1. The van der Waals surface area contributed by atoms with E-state index in [1.165, 1.54) is 0 Å². The number of ether oxygens (including phenoxy) is 2. The summed E-state index contributed by atoms with van der Waals surface area (Å²) in [5.41, 5.74) is 0.906. The van der Waals surface area contributed by atoms with E-state index >= 15 is 0 Å². The molecule has 156 valence electrons. The average molecular weight is 510 g/mol. The van der Waals surface area contributed by atoms with Crippen LogP contribution in [-0.2, 0) is 16.1 Å². The Hall–Kier alpha value is -2.29. The molecule has 6 nitrogen and oxygen atoms in total. The molecule has 2 aromatic rings. The molecule has 1 N–H and O–H groups in total. The van der Waals surface area contributed by atoms with E-state index in [4.69, 9.17) is 9.47 Å². The average Bonchev–Trinajstić information content (AvgIpc) is 2.75. The highest BCUT2D eigenvalue weighted by molar-refractivity contribution is 14.1. The number of carbonyl (C=O) groups excluding carboxylic acids is 2. The first-order valence-corrected chi connectivity index (χ1v) is 10.6. The molecule has 0 aromatic heterocycles. The van der Waals surface area contributed by atoms with Crippen molar-refractivity contribution in [1.29, 1.82) is 0 Å². The van der Waals surface area contributed by atoms with Crippen molar-refractivity contribution >= 4 is 34.4 Å². The van der Waals surface area contributed by atoms with Gasteiger partial charge in [-0.05, 0) is 77.9 Å². The number of carbonyl (C=O) groups is 2. The third-order valence-electron chi connectivity index (χ3n) is 4.40.